The van der Waals surface area contributed by atoms with E-state index in [9.17, 15) is 4.79 Å². The van der Waals surface area contributed by atoms with E-state index in [1.54, 1.807) is 0 Å². The second-order valence-corrected chi connectivity index (χ2v) is 6.58. The number of morpholine rings is 1. The molecule has 1 saturated heterocycles. The first kappa shape index (κ1) is 14.8. The van der Waals surface area contributed by atoms with Crippen molar-refractivity contribution in [2.75, 3.05) is 19.7 Å². The van der Waals surface area contributed by atoms with Gasteiger partial charge in [0.25, 0.3) is 5.56 Å². The number of nitrogens with zero attached hydrogens (tertiary/aromatic N) is 2. The summed E-state index contributed by atoms with van der Waals surface area (Å²) in [5, 5.41) is 0.662. The van der Waals surface area contributed by atoms with Crippen molar-refractivity contribution in [3.05, 3.63) is 40.4 Å². The highest BCUT2D eigenvalue weighted by atomic mass is 16.5. The third-order valence-electron chi connectivity index (χ3n) is 5.14. The molecule has 0 spiro atoms. The molecule has 122 valence electrons. The third kappa shape index (κ3) is 3.03. The summed E-state index contributed by atoms with van der Waals surface area (Å²) in [7, 11) is 0. The van der Waals surface area contributed by atoms with Crippen molar-refractivity contribution >= 4 is 10.9 Å². The van der Waals surface area contributed by atoms with E-state index in [4.69, 9.17) is 4.74 Å². The minimum Gasteiger partial charge on any atom is -0.375 e. The van der Waals surface area contributed by atoms with E-state index in [0.717, 1.165) is 37.5 Å². The molecule has 1 N–H and O–H groups in total. The molecule has 1 aromatic heterocycles. The first-order chi connectivity index (χ1) is 11.3. The summed E-state index contributed by atoms with van der Waals surface area (Å²) in [5.41, 5.74) is 0.742. The predicted molar refractivity (Wildman–Crippen MR) is 89.6 cm³/mol. The molecule has 0 unspecified atom stereocenters. The molecule has 1 aliphatic heterocycles. The Morgan fingerprint density at radius 1 is 1.26 bits per heavy atom. The van der Waals surface area contributed by atoms with Gasteiger partial charge in [-0.05, 0) is 25.0 Å². The van der Waals surface area contributed by atoms with Crippen LogP contribution in [0.1, 0.15) is 31.5 Å². The van der Waals surface area contributed by atoms with Crippen LogP contribution in [0.4, 0.5) is 0 Å². The van der Waals surface area contributed by atoms with Crippen molar-refractivity contribution in [1.29, 1.82) is 0 Å². The Labute approximate surface area is 135 Å². The maximum absolute atomic E-state index is 12.1. The van der Waals surface area contributed by atoms with Gasteiger partial charge in [-0.25, -0.2) is 4.98 Å². The quantitative estimate of drug-likeness (QED) is 0.943. The van der Waals surface area contributed by atoms with Crippen molar-refractivity contribution in [1.82, 2.24) is 14.9 Å². The van der Waals surface area contributed by atoms with Gasteiger partial charge in [0, 0.05) is 25.6 Å². The summed E-state index contributed by atoms with van der Waals surface area (Å²) in [4.78, 5) is 22.2. The van der Waals surface area contributed by atoms with Gasteiger partial charge in [-0.1, -0.05) is 25.0 Å². The topological polar surface area (TPSA) is 58.2 Å². The summed E-state index contributed by atoms with van der Waals surface area (Å²) in [5.74, 6) is 0.785. The number of aromatic nitrogens is 2. The Balaban J connectivity index is 1.49. The average Bonchev–Trinajstić information content (AvgIpc) is 2.60. The van der Waals surface area contributed by atoms with E-state index in [1.807, 2.05) is 24.3 Å². The summed E-state index contributed by atoms with van der Waals surface area (Å²) in [6.45, 7) is 2.74. The fourth-order valence-electron chi connectivity index (χ4n) is 3.96. The Morgan fingerprint density at radius 2 is 2.13 bits per heavy atom. The first-order valence-electron chi connectivity index (χ1n) is 8.65. The molecule has 2 atom stereocenters. The van der Waals surface area contributed by atoms with E-state index in [-0.39, 0.29) is 5.56 Å². The molecule has 0 radical (unpaired) electrons. The van der Waals surface area contributed by atoms with E-state index in [0.29, 0.717) is 17.5 Å². The monoisotopic (exact) mass is 313 g/mol. The van der Waals surface area contributed by atoms with Crippen molar-refractivity contribution in [3.63, 3.8) is 0 Å². The molecule has 2 aliphatic rings. The maximum atomic E-state index is 12.1. The number of para-hydroxylation sites is 1. The van der Waals surface area contributed by atoms with Crippen LogP contribution in [0.15, 0.2) is 29.1 Å². The first-order valence-corrected chi connectivity index (χ1v) is 8.65. The second kappa shape index (κ2) is 6.42. The molecule has 1 aliphatic carbocycles. The van der Waals surface area contributed by atoms with Gasteiger partial charge >= 0.3 is 0 Å². The maximum Gasteiger partial charge on any atom is 0.258 e. The van der Waals surface area contributed by atoms with Gasteiger partial charge < -0.3 is 9.72 Å². The number of nitrogens with one attached hydrogen (secondary N) is 1. The molecule has 2 heterocycles. The highest BCUT2D eigenvalue weighted by Crippen LogP contribution is 2.28. The van der Waals surface area contributed by atoms with Gasteiger partial charge in [0.15, 0.2) is 0 Å². The van der Waals surface area contributed by atoms with Crippen LogP contribution in [0.3, 0.4) is 0 Å². The molecule has 2 aromatic rings. The Hall–Kier alpha value is -1.72. The standard InChI is InChI=1S/C18H23N3O2/c22-18-13-5-1-2-6-14(13)19-17(20-18)9-10-21-11-12-23-16-8-4-3-7-15(16)21/h1-2,5-6,15-16H,3-4,7-12H2,(H,19,20,22)/t15-,16+/m1/s1. The molecule has 2 fully saturated rings. The molecule has 4 rings (SSSR count). The van der Waals surface area contributed by atoms with E-state index < -0.39 is 0 Å². The van der Waals surface area contributed by atoms with E-state index in [1.165, 1.54) is 25.7 Å². The summed E-state index contributed by atoms with van der Waals surface area (Å²) in [6.07, 6.45) is 6.18. The second-order valence-electron chi connectivity index (χ2n) is 6.58. The van der Waals surface area contributed by atoms with Crippen LogP contribution >= 0.6 is 0 Å². The van der Waals surface area contributed by atoms with Gasteiger partial charge in [-0.15, -0.1) is 0 Å². The van der Waals surface area contributed by atoms with E-state index in [2.05, 4.69) is 14.9 Å². The summed E-state index contributed by atoms with van der Waals surface area (Å²) < 4.78 is 5.93. The molecule has 5 heteroatoms. The number of ether oxygens (including phenoxy) is 1. The Bertz CT molecular complexity index is 740. The van der Waals surface area contributed by atoms with E-state index >= 15 is 0 Å². The van der Waals surface area contributed by atoms with Gasteiger partial charge in [-0.3, -0.25) is 9.69 Å². The Morgan fingerprint density at radius 3 is 3.09 bits per heavy atom. The van der Waals surface area contributed by atoms with Gasteiger partial charge in [-0.2, -0.15) is 0 Å². The fraction of sp³-hybridized carbons (Fsp3) is 0.556. The van der Waals surface area contributed by atoms with Crippen LogP contribution in [-0.2, 0) is 11.2 Å². The van der Waals surface area contributed by atoms with Crippen LogP contribution in [0, 0.1) is 0 Å². The SMILES string of the molecule is O=c1[nH]c(CCN2CCO[C@H]3CCCC[C@H]32)nc2ccccc12. The third-order valence-corrected chi connectivity index (χ3v) is 5.14. The van der Waals surface area contributed by atoms with Crippen molar-refractivity contribution in [2.24, 2.45) is 0 Å². The number of fused-ring (bicyclic) bond motifs is 2. The van der Waals surface area contributed by atoms with Gasteiger partial charge in [0.2, 0.25) is 0 Å². The lowest BCUT2D eigenvalue weighted by Gasteiger charge is -2.43. The normalized spacial score (nSPS) is 25.4. The number of hydrogen-bond acceptors (Lipinski definition) is 4. The van der Waals surface area contributed by atoms with Crippen molar-refractivity contribution < 1.29 is 4.74 Å². The smallest absolute Gasteiger partial charge is 0.258 e. The van der Waals surface area contributed by atoms with Crippen molar-refractivity contribution in [2.45, 2.75) is 44.2 Å². The molecule has 1 aromatic carbocycles. The molecule has 0 bridgehead atoms. The van der Waals surface area contributed by atoms with Gasteiger partial charge in [0.05, 0.1) is 23.6 Å². The van der Waals surface area contributed by atoms with Gasteiger partial charge in [0.1, 0.15) is 5.82 Å². The molecule has 5 nitrogen and oxygen atoms in total. The predicted octanol–water partition coefficient (Wildman–Crippen LogP) is 2.11. The van der Waals surface area contributed by atoms with Crippen LogP contribution < -0.4 is 5.56 Å². The van der Waals surface area contributed by atoms with Crippen LogP contribution in [-0.4, -0.2) is 46.7 Å². The summed E-state index contributed by atoms with van der Waals surface area (Å²) in [6, 6.07) is 8.06. The fourth-order valence-corrected chi connectivity index (χ4v) is 3.96. The van der Waals surface area contributed by atoms with Crippen LogP contribution in [0.2, 0.25) is 0 Å². The minimum atomic E-state index is -0.0388. The number of H-pyrrole nitrogens is 1. The number of hydrogen-bond donors (Lipinski definition) is 1. The molecule has 23 heavy (non-hydrogen) atoms. The average molecular weight is 313 g/mol. The highest BCUT2D eigenvalue weighted by molar-refractivity contribution is 5.77. The zero-order chi connectivity index (χ0) is 15.6. The highest BCUT2D eigenvalue weighted by Gasteiger charge is 2.33. The zero-order valence-corrected chi connectivity index (χ0v) is 13.3. The zero-order valence-electron chi connectivity index (χ0n) is 13.3. The van der Waals surface area contributed by atoms with Crippen LogP contribution in [0.5, 0.6) is 0 Å². The molecule has 0 amide bonds. The lowest BCUT2D eigenvalue weighted by molar-refractivity contribution is -0.0876. The lowest BCUT2D eigenvalue weighted by Crippen LogP contribution is -2.53. The Kier molecular flexibility index (Phi) is 4.14. The summed E-state index contributed by atoms with van der Waals surface area (Å²) >= 11 is 0. The largest absolute Gasteiger partial charge is 0.375 e. The molecular weight excluding hydrogens is 290 g/mol. The van der Waals surface area contributed by atoms with Crippen molar-refractivity contribution in [3.8, 4) is 0 Å². The molecular formula is C18H23N3O2. The minimum absolute atomic E-state index is 0.0388. The van der Waals surface area contributed by atoms with Crippen LogP contribution in [0.25, 0.3) is 10.9 Å². The lowest BCUT2D eigenvalue weighted by atomic mass is 9.90. The molecule has 1 saturated carbocycles. The number of aromatic amines is 1. The number of benzene rings is 1. The number of rotatable bonds is 3.